The lowest BCUT2D eigenvalue weighted by molar-refractivity contribution is -0.157. The van der Waals surface area contributed by atoms with Gasteiger partial charge >= 0.3 is 5.97 Å². The van der Waals surface area contributed by atoms with Crippen molar-refractivity contribution in [3.63, 3.8) is 0 Å². The van der Waals surface area contributed by atoms with E-state index >= 15 is 0 Å². The molecule has 0 amide bonds. The molecule has 0 aliphatic heterocycles. The second-order valence-corrected chi connectivity index (χ2v) is 9.45. The maximum atomic E-state index is 12.6. The van der Waals surface area contributed by atoms with E-state index in [2.05, 4.69) is 0 Å². The predicted octanol–water partition coefficient (Wildman–Crippen LogP) is 6.39. The molecule has 32 heavy (non-hydrogen) atoms. The zero-order valence-electron chi connectivity index (χ0n) is 19.3. The molecule has 0 fully saturated rings. The van der Waals surface area contributed by atoms with Crippen LogP contribution in [-0.4, -0.2) is 30.2 Å². The van der Waals surface area contributed by atoms with Crippen LogP contribution in [0.25, 0.3) is 17.0 Å². The van der Waals surface area contributed by atoms with Crippen molar-refractivity contribution < 1.29 is 23.5 Å². The van der Waals surface area contributed by atoms with E-state index in [1.165, 1.54) is 6.08 Å². The standard InChI is InChI=1S/C26H28O5S/c1-16-11-18(12-17(2)25(16)29-15-24(28)31-26(3,4)5)7-10-21(27)23-13-19-8-9-20(32-6)14-22(19)30-23/h7-14H,15H2,1-6H3/b10-7+. The number of aryl methyl sites for hydroxylation is 2. The first-order chi connectivity index (χ1) is 15.1. The van der Waals surface area contributed by atoms with Gasteiger partial charge in [-0.25, -0.2) is 4.79 Å². The number of thioether (sulfide) groups is 1. The summed E-state index contributed by atoms with van der Waals surface area (Å²) in [6, 6.07) is 11.5. The van der Waals surface area contributed by atoms with Crippen molar-refractivity contribution >= 4 is 40.6 Å². The molecule has 0 spiro atoms. The van der Waals surface area contributed by atoms with E-state index in [1.54, 1.807) is 23.9 Å². The van der Waals surface area contributed by atoms with Crippen LogP contribution in [0.3, 0.4) is 0 Å². The average Bonchev–Trinajstić information content (AvgIpc) is 3.13. The smallest absolute Gasteiger partial charge is 0.344 e. The summed E-state index contributed by atoms with van der Waals surface area (Å²) < 4.78 is 16.7. The van der Waals surface area contributed by atoms with Crippen molar-refractivity contribution in [3.8, 4) is 5.75 Å². The van der Waals surface area contributed by atoms with Crippen molar-refractivity contribution in [2.45, 2.75) is 45.1 Å². The minimum atomic E-state index is -0.553. The molecule has 2 aromatic carbocycles. The summed E-state index contributed by atoms with van der Waals surface area (Å²) >= 11 is 1.62. The Labute approximate surface area is 192 Å². The van der Waals surface area contributed by atoms with Gasteiger partial charge in [-0.3, -0.25) is 4.79 Å². The minimum Gasteiger partial charge on any atom is -0.481 e. The topological polar surface area (TPSA) is 65.7 Å². The van der Waals surface area contributed by atoms with Crippen LogP contribution in [0.15, 0.2) is 51.8 Å². The van der Waals surface area contributed by atoms with Crippen LogP contribution in [0, 0.1) is 13.8 Å². The first kappa shape index (κ1) is 23.7. The normalized spacial score (nSPS) is 11.8. The lowest BCUT2D eigenvalue weighted by Gasteiger charge is -2.20. The maximum Gasteiger partial charge on any atom is 0.344 e. The lowest BCUT2D eigenvalue weighted by Crippen LogP contribution is -2.27. The molecule has 6 heteroatoms. The summed E-state index contributed by atoms with van der Waals surface area (Å²) in [5.41, 5.74) is 2.75. The molecule has 0 saturated carbocycles. The zero-order chi connectivity index (χ0) is 23.5. The first-order valence-electron chi connectivity index (χ1n) is 10.3. The number of rotatable bonds is 7. The number of carbonyl (C=O) groups excluding carboxylic acids is 2. The molecule has 1 aromatic heterocycles. The van der Waals surface area contributed by atoms with Crippen molar-refractivity contribution in [2.24, 2.45) is 0 Å². The number of fused-ring (bicyclic) bond motifs is 1. The maximum absolute atomic E-state index is 12.6. The number of furan rings is 1. The second-order valence-electron chi connectivity index (χ2n) is 8.57. The van der Waals surface area contributed by atoms with E-state index in [0.717, 1.165) is 27.0 Å². The van der Waals surface area contributed by atoms with Gasteiger partial charge in [-0.05, 0) is 100 Å². The molecule has 0 saturated heterocycles. The average molecular weight is 453 g/mol. The predicted molar refractivity (Wildman–Crippen MR) is 129 cm³/mol. The third-order valence-corrected chi connectivity index (χ3v) is 5.36. The summed E-state index contributed by atoms with van der Waals surface area (Å²) in [4.78, 5) is 25.6. The SMILES string of the molecule is CSc1ccc2cc(C(=O)/C=C/c3cc(C)c(OCC(=O)OC(C)(C)C)c(C)c3)oc2c1. The van der Waals surface area contributed by atoms with Crippen LogP contribution < -0.4 is 4.74 Å². The highest BCUT2D eigenvalue weighted by Crippen LogP contribution is 2.27. The van der Waals surface area contributed by atoms with Crippen LogP contribution in [0.2, 0.25) is 0 Å². The van der Waals surface area contributed by atoms with Gasteiger partial charge in [-0.15, -0.1) is 11.8 Å². The van der Waals surface area contributed by atoms with Gasteiger partial charge in [-0.2, -0.15) is 0 Å². The Balaban J connectivity index is 1.70. The van der Waals surface area contributed by atoms with Crippen molar-refractivity contribution in [2.75, 3.05) is 12.9 Å². The number of hydrogen-bond donors (Lipinski definition) is 0. The molecule has 0 radical (unpaired) electrons. The van der Waals surface area contributed by atoms with E-state index < -0.39 is 11.6 Å². The van der Waals surface area contributed by atoms with Gasteiger partial charge in [0, 0.05) is 10.3 Å². The van der Waals surface area contributed by atoms with Gasteiger partial charge in [0.2, 0.25) is 5.78 Å². The summed E-state index contributed by atoms with van der Waals surface area (Å²) in [5.74, 6) is 0.329. The Hall–Kier alpha value is -2.99. The highest BCUT2D eigenvalue weighted by atomic mass is 32.2. The second kappa shape index (κ2) is 9.65. The van der Waals surface area contributed by atoms with E-state index in [-0.39, 0.29) is 12.4 Å². The van der Waals surface area contributed by atoms with E-state index in [1.807, 2.05) is 71.2 Å². The van der Waals surface area contributed by atoms with Gasteiger partial charge in [-0.1, -0.05) is 6.08 Å². The summed E-state index contributed by atoms with van der Waals surface area (Å²) in [7, 11) is 0. The fraction of sp³-hybridized carbons (Fsp3) is 0.308. The highest BCUT2D eigenvalue weighted by Gasteiger charge is 2.17. The minimum absolute atomic E-state index is 0.156. The molecule has 0 aliphatic carbocycles. The first-order valence-corrected chi connectivity index (χ1v) is 11.5. The fourth-order valence-corrected chi connectivity index (χ4v) is 3.75. The van der Waals surface area contributed by atoms with Crippen molar-refractivity contribution in [3.05, 3.63) is 64.9 Å². The number of carbonyl (C=O) groups is 2. The van der Waals surface area contributed by atoms with Crippen LogP contribution in [-0.2, 0) is 9.53 Å². The molecule has 0 aliphatic rings. The number of ketones is 1. The molecule has 168 valence electrons. The highest BCUT2D eigenvalue weighted by molar-refractivity contribution is 7.98. The number of esters is 1. The summed E-state index contributed by atoms with van der Waals surface area (Å²) in [6.45, 7) is 9.10. The Morgan fingerprint density at radius 3 is 2.38 bits per heavy atom. The Kier molecular flexibility index (Phi) is 7.14. The van der Waals surface area contributed by atoms with Gasteiger partial charge in [0.15, 0.2) is 12.4 Å². The quantitative estimate of drug-likeness (QED) is 0.179. The molecule has 3 rings (SSSR count). The van der Waals surface area contributed by atoms with Crippen molar-refractivity contribution in [1.82, 2.24) is 0 Å². The van der Waals surface area contributed by atoms with E-state index in [0.29, 0.717) is 17.1 Å². The number of allylic oxidation sites excluding steroid dienone is 1. The Bertz CT molecular complexity index is 1160. The van der Waals surface area contributed by atoms with Crippen molar-refractivity contribution in [1.29, 1.82) is 0 Å². The Morgan fingerprint density at radius 1 is 1.06 bits per heavy atom. The zero-order valence-corrected chi connectivity index (χ0v) is 20.1. The van der Waals surface area contributed by atoms with Crippen LogP contribution in [0.4, 0.5) is 0 Å². The van der Waals surface area contributed by atoms with Gasteiger partial charge in [0.05, 0.1) is 0 Å². The van der Waals surface area contributed by atoms with Gasteiger partial charge in [0.25, 0.3) is 0 Å². The number of ether oxygens (including phenoxy) is 2. The number of hydrogen-bond acceptors (Lipinski definition) is 6. The van der Waals surface area contributed by atoms with Crippen LogP contribution >= 0.6 is 11.8 Å². The molecular weight excluding hydrogens is 424 g/mol. The largest absolute Gasteiger partial charge is 0.481 e. The molecule has 0 bridgehead atoms. The Morgan fingerprint density at radius 2 is 1.75 bits per heavy atom. The third-order valence-electron chi connectivity index (χ3n) is 4.63. The molecule has 1 heterocycles. The van der Waals surface area contributed by atoms with Gasteiger partial charge < -0.3 is 13.9 Å². The number of benzene rings is 2. The molecule has 0 unspecified atom stereocenters. The van der Waals surface area contributed by atoms with Crippen LogP contribution in [0.5, 0.6) is 5.75 Å². The molecule has 0 N–H and O–H groups in total. The molecule has 5 nitrogen and oxygen atoms in total. The summed E-state index contributed by atoms with van der Waals surface area (Å²) in [5, 5.41) is 0.901. The van der Waals surface area contributed by atoms with E-state index in [9.17, 15) is 9.59 Å². The third kappa shape index (κ3) is 6.04. The molecular formula is C26H28O5S. The fourth-order valence-electron chi connectivity index (χ4n) is 3.32. The monoisotopic (exact) mass is 452 g/mol. The van der Waals surface area contributed by atoms with E-state index in [4.69, 9.17) is 13.9 Å². The molecule has 0 atom stereocenters. The lowest BCUT2D eigenvalue weighted by atomic mass is 10.0. The molecule has 3 aromatic rings. The van der Waals surface area contributed by atoms with Crippen LogP contribution in [0.1, 0.15) is 48.0 Å². The summed E-state index contributed by atoms with van der Waals surface area (Å²) in [6.07, 6.45) is 5.25. The van der Waals surface area contributed by atoms with Gasteiger partial charge in [0.1, 0.15) is 16.9 Å².